The molecule has 0 saturated heterocycles. The number of hydrogen-bond donors (Lipinski definition) is 2. The van der Waals surface area contributed by atoms with Crippen molar-refractivity contribution in [2.75, 3.05) is 12.8 Å². The maximum Gasteiger partial charge on any atom is 0.224 e. The normalized spacial score (nSPS) is 10.1. The number of carbonyl (C=O) groups excluding carboxylic acids is 1. The van der Waals surface area contributed by atoms with Gasteiger partial charge in [0.2, 0.25) is 5.91 Å². The van der Waals surface area contributed by atoms with Gasteiger partial charge < -0.3 is 15.8 Å². The van der Waals surface area contributed by atoms with Crippen LogP contribution in [0.2, 0.25) is 0 Å². The molecule has 0 aliphatic rings. The van der Waals surface area contributed by atoms with Gasteiger partial charge in [-0.2, -0.15) is 0 Å². The second kappa shape index (κ2) is 6.61. The second-order valence-corrected chi connectivity index (χ2v) is 4.52. The van der Waals surface area contributed by atoms with Crippen LogP contribution < -0.4 is 15.8 Å². The summed E-state index contributed by atoms with van der Waals surface area (Å²) in [5, 5.41) is 2.88. The number of amides is 1. The van der Waals surface area contributed by atoms with Crippen molar-refractivity contribution in [3.63, 3.8) is 0 Å². The van der Waals surface area contributed by atoms with Gasteiger partial charge in [0.15, 0.2) is 0 Å². The Balaban J connectivity index is 1.89. The van der Waals surface area contributed by atoms with Crippen molar-refractivity contribution in [1.29, 1.82) is 0 Å². The fraction of sp³-hybridized carbons (Fsp3) is 0.188. The molecule has 0 atom stereocenters. The maximum absolute atomic E-state index is 11.8. The van der Waals surface area contributed by atoms with Gasteiger partial charge in [-0.05, 0) is 23.3 Å². The minimum atomic E-state index is -0.00871. The van der Waals surface area contributed by atoms with Crippen molar-refractivity contribution in [2.24, 2.45) is 0 Å². The number of nitrogens with two attached hydrogens (primary N) is 1. The van der Waals surface area contributed by atoms with Crippen molar-refractivity contribution in [3.8, 4) is 5.75 Å². The Morgan fingerprint density at radius 1 is 1.15 bits per heavy atom. The molecule has 0 fully saturated rings. The molecule has 0 aromatic heterocycles. The second-order valence-electron chi connectivity index (χ2n) is 4.52. The molecule has 0 saturated carbocycles. The van der Waals surface area contributed by atoms with E-state index in [-0.39, 0.29) is 5.91 Å². The standard InChI is InChI=1S/C16H18N2O2/c1-20-15-8-7-13(9-14(15)17)11-18-16(19)10-12-5-3-2-4-6-12/h2-9H,10-11,17H2,1H3,(H,18,19). The van der Waals surface area contributed by atoms with Gasteiger partial charge in [-0.3, -0.25) is 4.79 Å². The van der Waals surface area contributed by atoms with Crippen molar-refractivity contribution in [1.82, 2.24) is 5.32 Å². The SMILES string of the molecule is COc1ccc(CNC(=O)Cc2ccccc2)cc1N. The molecule has 0 radical (unpaired) electrons. The summed E-state index contributed by atoms with van der Waals surface area (Å²) in [5.74, 6) is 0.634. The van der Waals surface area contributed by atoms with E-state index in [0.29, 0.717) is 24.4 Å². The molecule has 0 unspecified atom stereocenters. The number of ether oxygens (including phenoxy) is 1. The Bertz CT molecular complexity index is 582. The zero-order chi connectivity index (χ0) is 14.4. The van der Waals surface area contributed by atoms with E-state index in [4.69, 9.17) is 10.5 Å². The van der Waals surface area contributed by atoms with E-state index < -0.39 is 0 Å². The van der Waals surface area contributed by atoms with Gasteiger partial charge in [0.1, 0.15) is 5.75 Å². The molecule has 2 aromatic carbocycles. The largest absolute Gasteiger partial charge is 0.495 e. The number of nitrogen functional groups attached to an aromatic ring is 1. The van der Waals surface area contributed by atoms with Crippen LogP contribution in [0, 0.1) is 0 Å². The van der Waals surface area contributed by atoms with Crippen molar-refractivity contribution in [2.45, 2.75) is 13.0 Å². The molecule has 104 valence electrons. The number of hydrogen-bond acceptors (Lipinski definition) is 3. The fourth-order valence-corrected chi connectivity index (χ4v) is 1.94. The lowest BCUT2D eigenvalue weighted by Gasteiger charge is -2.08. The van der Waals surface area contributed by atoms with E-state index in [2.05, 4.69) is 5.32 Å². The molecule has 2 aromatic rings. The van der Waals surface area contributed by atoms with Gasteiger partial charge in [0, 0.05) is 6.54 Å². The van der Waals surface area contributed by atoms with Crippen molar-refractivity contribution < 1.29 is 9.53 Å². The molecule has 2 rings (SSSR count). The van der Waals surface area contributed by atoms with Gasteiger partial charge in [0.05, 0.1) is 19.2 Å². The van der Waals surface area contributed by atoms with Gasteiger partial charge in [-0.1, -0.05) is 36.4 Å². The summed E-state index contributed by atoms with van der Waals surface area (Å²) in [5.41, 5.74) is 8.34. The quantitative estimate of drug-likeness (QED) is 0.818. The highest BCUT2D eigenvalue weighted by atomic mass is 16.5. The lowest BCUT2D eigenvalue weighted by Crippen LogP contribution is -2.24. The molecule has 0 heterocycles. The predicted molar refractivity (Wildman–Crippen MR) is 79.4 cm³/mol. The summed E-state index contributed by atoms with van der Waals surface area (Å²) in [4.78, 5) is 11.8. The Morgan fingerprint density at radius 2 is 1.90 bits per heavy atom. The summed E-state index contributed by atoms with van der Waals surface area (Å²) in [7, 11) is 1.58. The molecular weight excluding hydrogens is 252 g/mol. The van der Waals surface area contributed by atoms with E-state index >= 15 is 0 Å². The summed E-state index contributed by atoms with van der Waals surface area (Å²) >= 11 is 0. The number of anilines is 1. The first-order valence-electron chi connectivity index (χ1n) is 6.42. The van der Waals surface area contributed by atoms with E-state index in [1.807, 2.05) is 42.5 Å². The topological polar surface area (TPSA) is 64.3 Å². The van der Waals surface area contributed by atoms with Gasteiger partial charge in [-0.25, -0.2) is 0 Å². The zero-order valence-corrected chi connectivity index (χ0v) is 11.4. The summed E-state index contributed by atoms with van der Waals surface area (Å²) in [6, 6.07) is 15.1. The first kappa shape index (κ1) is 13.9. The van der Waals surface area contributed by atoms with E-state index in [1.165, 1.54) is 0 Å². The third kappa shape index (κ3) is 3.75. The predicted octanol–water partition coefficient (Wildman–Crippen LogP) is 2.14. The molecule has 20 heavy (non-hydrogen) atoms. The van der Waals surface area contributed by atoms with Crippen LogP contribution in [-0.2, 0) is 17.8 Å². The van der Waals surface area contributed by atoms with E-state index in [1.54, 1.807) is 13.2 Å². The van der Waals surface area contributed by atoms with Crippen LogP contribution in [0.25, 0.3) is 0 Å². The molecule has 0 bridgehead atoms. The molecule has 4 heteroatoms. The lowest BCUT2D eigenvalue weighted by molar-refractivity contribution is -0.120. The van der Waals surface area contributed by atoms with Crippen LogP contribution in [0.3, 0.4) is 0 Å². The highest BCUT2D eigenvalue weighted by Gasteiger charge is 2.04. The number of methoxy groups -OCH3 is 1. The first-order valence-corrected chi connectivity index (χ1v) is 6.42. The number of rotatable bonds is 5. The Hall–Kier alpha value is -2.49. The third-order valence-corrected chi connectivity index (χ3v) is 2.99. The minimum Gasteiger partial charge on any atom is -0.495 e. The molecule has 4 nitrogen and oxygen atoms in total. The van der Waals surface area contributed by atoms with Gasteiger partial charge in [0.25, 0.3) is 0 Å². The Morgan fingerprint density at radius 3 is 2.55 bits per heavy atom. The van der Waals surface area contributed by atoms with Crippen LogP contribution in [0.15, 0.2) is 48.5 Å². The average molecular weight is 270 g/mol. The fourth-order valence-electron chi connectivity index (χ4n) is 1.94. The molecule has 3 N–H and O–H groups in total. The highest BCUT2D eigenvalue weighted by Crippen LogP contribution is 2.21. The first-order chi connectivity index (χ1) is 9.69. The Labute approximate surface area is 118 Å². The highest BCUT2D eigenvalue weighted by molar-refractivity contribution is 5.78. The number of carbonyl (C=O) groups is 1. The average Bonchev–Trinajstić information content (AvgIpc) is 2.46. The van der Waals surface area contributed by atoms with Gasteiger partial charge in [-0.15, -0.1) is 0 Å². The van der Waals surface area contributed by atoms with Crippen LogP contribution in [0.4, 0.5) is 5.69 Å². The molecule has 0 spiro atoms. The third-order valence-electron chi connectivity index (χ3n) is 2.99. The molecule has 0 aliphatic heterocycles. The van der Waals surface area contributed by atoms with Gasteiger partial charge >= 0.3 is 0 Å². The van der Waals surface area contributed by atoms with Crippen LogP contribution in [0.5, 0.6) is 5.75 Å². The molecule has 1 amide bonds. The van der Waals surface area contributed by atoms with Crippen molar-refractivity contribution in [3.05, 3.63) is 59.7 Å². The summed E-state index contributed by atoms with van der Waals surface area (Å²) in [6.07, 6.45) is 0.381. The number of benzene rings is 2. The Kier molecular flexibility index (Phi) is 4.60. The van der Waals surface area contributed by atoms with Crippen LogP contribution in [0.1, 0.15) is 11.1 Å². The van der Waals surface area contributed by atoms with Crippen molar-refractivity contribution >= 4 is 11.6 Å². The number of nitrogens with one attached hydrogen (secondary N) is 1. The summed E-state index contributed by atoms with van der Waals surface area (Å²) < 4.78 is 5.09. The van der Waals surface area contributed by atoms with Crippen LogP contribution in [-0.4, -0.2) is 13.0 Å². The monoisotopic (exact) mass is 270 g/mol. The smallest absolute Gasteiger partial charge is 0.224 e. The van der Waals surface area contributed by atoms with Crippen LogP contribution >= 0.6 is 0 Å². The van der Waals surface area contributed by atoms with E-state index in [0.717, 1.165) is 11.1 Å². The molecular formula is C16H18N2O2. The zero-order valence-electron chi connectivity index (χ0n) is 11.4. The molecule has 0 aliphatic carbocycles. The lowest BCUT2D eigenvalue weighted by atomic mass is 10.1. The maximum atomic E-state index is 11.8. The summed E-state index contributed by atoms with van der Waals surface area (Å²) in [6.45, 7) is 0.458. The minimum absolute atomic E-state index is 0.00871. The van der Waals surface area contributed by atoms with E-state index in [9.17, 15) is 4.79 Å².